The van der Waals surface area contributed by atoms with Gasteiger partial charge in [-0.15, -0.1) is 11.6 Å². The van der Waals surface area contributed by atoms with Gasteiger partial charge in [0.2, 0.25) is 0 Å². The molecular formula is C19H45ClN2+2. The molecule has 136 valence electrons. The van der Waals surface area contributed by atoms with Crippen LogP contribution in [0, 0.1) is 0 Å². The fourth-order valence-electron chi connectivity index (χ4n) is 2.14. The first-order valence-electron chi connectivity index (χ1n) is 9.49. The Morgan fingerprint density at radius 3 is 1.41 bits per heavy atom. The molecule has 0 aliphatic rings. The van der Waals surface area contributed by atoms with E-state index < -0.39 is 0 Å². The Labute approximate surface area is 146 Å². The van der Waals surface area contributed by atoms with Gasteiger partial charge in [-0.1, -0.05) is 64.7 Å². The van der Waals surface area contributed by atoms with Gasteiger partial charge in [0, 0.05) is 5.88 Å². The van der Waals surface area contributed by atoms with Crippen molar-refractivity contribution >= 4 is 11.6 Å². The SMILES string of the molecule is CCCCCCCCCCCCCl.C[NH+](C)CC[N+](C)(C)C. The average molecular weight is 337 g/mol. The molecule has 0 atom stereocenters. The van der Waals surface area contributed by atoms with Crippen molar-refractivity contribution in [2.24, 2.45) is 0 Å². The standard InChI is InChI=1S/C12H25Cl.C7H19N2/c1-2-3-4-5-6-7-8-9-10-11-12-13;1-8(2)6-7-9(3,4)5/h2-12H2,1H3;6-7H2,1-5H3/q;+1/p+1. The molecule has 22 heavy (non-hydrogen) atoms. The van der Waals surface area contributed by atoms with Crippen LogP contribution in [0.4, 0.5) is 0 Å². The minimum atomic E-state index is 0.844. The first-order chi connectivity index (χ1) is 10.3. The summed E-state index contributed by atoms with van der Waals surface area (Å²) in [5.74, 6) is 0.844. The lowest BCUT2D eigenvalue weighted by Crippen LogP contribution is -3.06. The molecule has 0 fully saturated rings. The molecule has 0 aliphatic carbocycles. The van der Waals surface area contributed by atoms with Crippen LogP contribution in [0.2, 0.25) is 0 Å². The first kappa shape index (κ1) is 24.5. The van der Waals surface area contributed by atoms with Crippen LogP contribution in [0.15, 0.2) is 0 Å². The van der Waals surface area contributed by atoms with E-state index in [1.165, 1.54) is 82.2 Å². The number of alkyl halides is 1. The third-order valence-corrected chi connectivity index (χ3v) is 4.04. The van der Waals surface area contributed by atoms with Crippen molar-refractivity contribution in [1.29, 1.82) is 0 Å². The summed E-state index contributed by atoms with van der Waals surface area (Å²) in [5, 5.41) is 0. The van der Waals surface area contributed by atoms with Crippen LogP contribution in [-0.2, 0) is 0 Å². The Balaban J connectivity index is 0. The fourth-order valence-corrected chi connectivity index (χ4v) is 2.33. The van der Waals surface area contributed by atoms with Crippen LogP contribution >= 0.6 is 11.6 Å². The van der Waals surface area contributed by atoms with E-state index in [1.807, 2.05) is 0 Å². The topological polar surface area (TPSA) is 4.44 Å². The highest BCUT2D eigenvalue weighted by molar-refractivity contribution is 6.17. The van der Waals surface area contributed by atoms with Crippen molar-refractivity contribution in [2.75, 3.05) is 54.2 Å². The minimum Gasteiger partial charge on any atom is -0.335 e. The first-order valence-corrected chi connectivity index (χ1v) is 10.0. The molecule has 0 rings (SSSR count). The molecule has 0 aromatic rings. The summed E-state index contributed by atoms with van der Waals surface area (Å²) in [6.45, 7) is 4.78. The zero-order valence-electron chi connectivity index (χ0n) is 16.5. The molecule has 0 aromatic heterocycles. The Morgan fingerprint density at radius 1 is 0.727 bits per heavy atom. The van der Waals surface area contributed by atoms with Crippen LogP contribution in [0.5, 0.6) is 0 Å². The molecule has 0 bridgehead atoms. The van der Waals surface area contributed by atoms with Crippen LogP contribution < -0.4 is 4.90 Å². The van der Waals surface area contributed by atoms with Crippen molar-refractivity contribution in [3.05, 3.63) is 0 Å². The van der Waals surface area contributed by atoms with Gasteiger partial charge in [0.15, 0.2) is 0 Å². The van der Waals surface area contributed by atoms with E-state index in [1.54, 1.807) is 0 Å². The summed E-state index contributed by atoms with van der Waals surface area (Å²) in [6.07, 6.45) is 13.9. The zero-order chi connectivity index (χ0) is 17.3. The van der Waals surface area contributed by atoms with Crippen molar-refractivity contribution < 1.29 is 9.38 Å². The van der Waals surface area contributed by atoms with E-state index in [9.17, 15) is 0 Å². The Morgan fingerprint density at radius 2 is 1.14 bits per heavy atom. The number of quaternary nitrogens is 2. The number of nitrogens with one attached hydrogen (secondary N) is 1. The second-order valence-electron chi connectivity index (χ2n) is 7.84. The monoisotopic (exact) mass is 336 g/mol. The Bertz CT molecular complexity index is 190. The van der Waals surface area contributed by atoms with Crippen LogP contribution in [0.3, 0.4) is 0 Å². The smallest absolute Gasteiger partial charge is 0.128 e. The van der Waals surface area contributed by atoms with E-state index >= 15 is 0 Å². The van der Waals surface area contributed by atoms with Gasteiger partial charge in [-0.3, -0.25) is 0 Å². The summed E-state index contributed by atoms with van der Waals surface area (Å²) in [5.41, 5.74) is 0. The molecule has 0 aliphatic heterocycles. The minimum absolute atomic E-state index is 0.844. The lowest BCUT2D eigenvalue weighted by atomic mass is 10.1. The summed E-state index contributed by atoms with van der Waals surface area (Å²) < 4.78 is 1.07. The van der Waals surface area contributed by atoms with Gasteiger partial charge in [-0.2, -0.15) is 0 Å². The largest absolute Gasteiger partial charge is 0.335 e. The number of likely N-dealkylation sites (N-methyl/N-ethyl adjacent to an activating group) is 2. The molecule has 2 nitrogen and oxygen atoms in total. The van der Waals surface area contributed by atoms with Gasteiger partial charge in [0.05, 0.1) is 35.2 Å². The maximum atomic E-state index is 5.60. The highest BCUT2D eigenvalue weighted by atomic mass is 35.5. The van der Waals surface area contributed by atoms with Gasteiger partial charge in [-0.25, -0.2) is 0 Å². The Kier molecular flexibility index (Phi) is 19.5. The normalized spacial score (nSPS) is 11.5. The summed E-state index contributed by atoms with van der Waals surface area (Å²) in [7, 11) is 11.1. The van der Waals surface area contributed by atoms with E-state index in [2.05, 4.69) is 42.2 Å². The molecular weight excluding hydrogens is 292 g/mol. The van der Waals surface area contributed by atoms with Gasteiger partial charge >= 0.3 is 0 Å². The molecule has 0 spiro atoms. The number of halogens is 1. The highest BCUT2D eigenvalue weighted by Gasteiger charge is 2.07. The van der Waals surface area contributed by atoms with Crippen molar-refractivity contribution in [3.63, 3.8) is 0 Å². The number of hydrogen-bond donors (Lipinski definition) is 1. The summed E-state index contributed by atoms with van der Waals surface area (Å²) >= 11 is 5.60. The predicted molar refractivity (Wildman–Crippen MR) is 103 cm³/mol. The molecule has 0 saturated heterocycles. The quantitative estimate of drug-likeness (QED) is 0.295. The molecule has 0 amide bonds. The van der Waals surface area contributed by atoms with E-state index in [4.69, 9.17) is 11.6 Å². The predicted octanol–water partition coefficient (Wildman–Crippen LogP) is 3.98. The number of hydrogen-bond acceptors (Lipinski definition) is 0. The van der Waals surface area contributed by atoms with Crippen molar-refractivity contribution in [1.82, 2.24) is 0 Å². The van der Waals surface area contributed by atoms with Gasteiger partial charge in [0.1, 0.15) is 13.1 Å². The molecule has 3 heteroatoms. The second-order valence-corrected chi connectivity index (χ2v) is 8.22. The molecule has 1 N–H and O–H groups in total. The molecule has 0 aromatic carbocycles. The summed E-state index contributed by atoms with van der Waals surface area (Å²) in [6, 6.07) is 0. The molecule has 0 saturated carbocycles. The van der Waals surface area contributed by atoms with Gasteiger partial charge < -0.3 is 9.38 Å². The third-order valence-electron chi connectivity index (χ3n) is 3.77. The van der Waals surface area contributed by atoms with Crippen molar-refractivity contribution in [2.45, 2.75) is 71.1 Å². The zero-order valence-corrected chi connectivity index (χ0v) is 17.3. The van der Waals surface area contributed by atoms with Gasteiger partial charge in [-0.05, 0) is 6.42 Å². The molecule has 0 radical (unpaired) electrons. The van der Waals surface area contributed by atoms with E-state index in [0.717, 1.165) is 10.4 Å². The summed E-state index contributed by atoms with van der Waals surface area (Å²) in [4.78, 5) is 1.53. The fraction of sp³-hybridized carbons (Fsp3) is 1.00. The van der Waals surface area contributed by atoms with Gasteiger partial charge in [0.25, 0.3) is 0 Å². The van der Waals surface area contributed by atoms with Crippen LogP contribution in [0.1, 0.15) is 71.1 Å². The Hall–Kier alpha value is 0.210. The number of rotatable bonds is 13. The van der Waals surface area contributed by atoms with Crippen molar-refractivity contribution in [3.8, 4) is 0 Å². The van der Waals surface area contributed by atoms with Crippen LogP contribution in [0.25, 0.3) is 0 Å². The second kappa shape index (κ2) is 17.6. The molecule has 0 unspecified atom stereocenters. The lowest BCUT2D eigenvalue weighted by Gasteiger charge is -2.23. The van der Waals surface area contributed by atoms with E-state index in [0.29, 0.717) is 0 Å². The third kappa shape index (κ3) is 28.4. The highest BCUT2D eigenvalue weighted by Crippen LogP contribution is 2.10. The van der Waals surface area contributed by atoms with Crippen LogP contribution in [-0.4, -0.2) is 58.7 Å². The molecule has 0 heterocycles. The lowest BCUT2D eigenvalue weighted by molar-refractivity contribution is -0.923. The number of nitrogens with zero attached hydrogens (tertiary/aromatic N) is 1. The maximum absolute atomic E-state index is 5.60. The number of unbranched alkanes of at least 4 members (excludes halogenated alkanes) is 9. The van der Waals surface area contributed by atoms with E-state index in [-0.39, 0.29) is 0 Å². The maximum Gasteiger partial charge on any atom is 0.128 e. The average Bonchev–Trinajstić information content (AvgIpc) is 2.43.